The molecule has 104 valence electrons. The summed E-state index contributed by atoms with van der Waals surface area (Å²) < 4.78 is 5.73. The zero-order chi connectivity index (χ0) is 14.1. The van der Waals surface area contributed by atoms with E-state index in [-0.39, 0.29) is 6.10 Å². The fraction of sp³-hybridized carbons (Fsp3) is 0.286. The topological polar surface area (TPSA) is 61.0 Å². The number of aromatic nitrogens is 2. The molecule has 0 aliphatic carbocycles. The van der Waals surface area contributed by atoms with Crippen molar-refractivity contribution >= 4 is 23.4 Å². The molecular weight excluding hydrogens is 294 g/mol. The van der Waals surface area contributed by atoms with Crippen LogP contribution in [0, 0.1) is 0 Å². The van der Waals surface area contributed by atoms with Crippen LogP contribution in [0.3, 0.4) is 0 Å². The predicted molar refractivity (Wildman–Crippen MR) is 81.4 cm³/mol. The number of ether oxygens (including phenoxy) is 1. The van der Waals surface area contributed by atoms with Crippen LogP contribution in [-0.2, 0) is 6.42 Å². The molecule has 2 N–H and O–H groups in total. The van der Waals surface area contributed by atoms with Crippen molar-refractivity contribution in [1.29, 1.82) is 0 Å². The Morgan fingerprint density at radius 1 is 1.50 bits per heavy atom. The van der Waals surface area contributed by atoms with Gasteiger partial charge in [0, 0.05) is 30.3 Å². The molecule has 4 nitrogen and oxygen atoms in total. The van der Waals surface area contributed by atoms with Crippen LogP contribution in [0.25, 0.3) is 11.3 Å². The lowest BCUT2D eigenvalue weighted by atomic mass is 10.0. The molecule has 3 rings (SSSR count). The Labute approximate surface area is 126 Å². The summed E-state index contributed by atoms with van der Waals surface area (Å²) in [4.78, 5) is 8.68. The molecule has 0 saturated heterocycles. The number of benzene rings is 1. The second kappa shape index (κ2) is 5.60. The van der Waals surface area contributed by atoms with Gasteiger partial charge in [0.2, 0.25) is 0 Å². The monoisotopic (exact) mass is 307 g/mol. The maximum absolute atomic E-state index is 6.31. The largest absolute Gasteiger partial charge is 0.487 e. The molecule has 1 aromatic heterocycles. The number of thioether (sulfide) groups is 1. The Bertz CT molecular complexity index is 650. The van der Waals surface area contributed by atoms with E-state index in [2.05, 4.69) is 16.0 Å². The fourth-order valence-corrected chi connectivity index (χ4v) is 2.91. The molecule has 1 aliphatic heterocycles. The summed E-state index contributed by atoms with van der Waals surface area (Å²) >= 11 is 7.82. The van der Waals surface area contributed by atoms with E-state index in [0.717, 1.165) is 34.1 Å². The van der Waals surface area contributed by atoms with E-state index < -0.39 is 0 Å². The van der Waals surface area contributed by atoms with Gasteiger partial charge in [0.1, 0.15) is 11.9 Å². The average molecular weight is 308 g/mol. The molecule has 0 saturated carbocycles. The molecule has 6 heteroatoms. The maximum Gasteiger partial charge on any atom is 0.187 e. The van der Waals surface area contributed by atoms with Gasteiger partial charge in [-0.1, -0.05) is 23.4 Å². The molecule has 1 unspecified atom stereocenters. The fourth-order valence-electron chi connectivity index (χ4n) is 2.27. The van der Waals surface area contributed by atoms with Crippen LogP contribution in [0.2, 0.25) is 5.02 Å². The Hall–Kier alpha value is -1.30. The lowest BCUT2D eigenvalue weighted by Crippen LogP contribution is -2.24. The van der Waals surface area contributed by atoms with Crippen LogP contribution < -0.4 is 10.5 Å². The first-order valence-corrected chi connectivity index (χ1v) is 7.88. The molecule has 0 amide bonds. The number of hydrogen-bond donors (Lipinski definition) is 1. The van der Waals surface area contributed by atoms with Gasteiger partial charge in [-0.2, -0.15) is 0 Å². The van der Waals surface area contributed by atoms with Crippen molar-refractivity contribution in [1.82, 2.24) is 9.97 Å². The molecule has 1 aromatic carbocycles. The Morgan fingerprint density at radius 3 is 3.10 bits per heavy atom. The summed E-state index contributed by atoms with van der Waals surface area (Å²) in [6.45, 7) is 0.491. The number of nitrogens with two attached hydrogens (primary N) is 1. The third kappa shape index (κ3) is 2.49. The first-order valence-electron chi connectivity index (χ1n) is 6.28. The van der Waals surface area contributed by atoms with Crippen molar-refractivity contribution in [3.8, 4) is 17.0 Å². The minimum atomic E-state index is 0.0184. The van der Waals surface area contributed by atoms with Gasteiger partial charge in [-0.3, -0.25) is 0 Å². The second-order valence-corrected chi connectivity index (χ2v) is 5.74. The molecule has 2 aromatic rings. The molecule has 0 spiro atoms. The van der Waals surface area contributed by atoms with Crippen LogP contribution in [0.15, 0.2) is 29.6 Å². The lowest BCUT2D eigenvalue weighted by Gasteiger charge is -2.08. The number of rotatable bonds is 3. The van der Waals surface area contributed by atoms with Crippen LogP contribution in [0.1, 0.15) is 5.56 Å². The lowest BCUT2D eigenvalue weighted by molar-refractivity contribution is 0.241. The molecule has 0 bridgehead atoms. The second-order valence-electron chi connectivity index (χ2n) is 4.55. The van der Waals surface area contributed by atoms with Gasteiger partial charge in [-0.05, 0) is 24.5 Å². The highest BCUT2D eigenvalue weighted by atomic mass is 35.5. The zero-order valence-electron chi connectivity index (χ0n) is 11.0. The Morgan fingerprint density at radius 2 is 2.35 bits per heavy atom. The standard InChI is InChI=1S/C14H14ClN3OS/c1-20-14-17-3-2-12(18-14)8-4-9-5-10(7-16)19-13(9)11(15)6-8/h2-4,6,10H,5,7,16H2,1H3. The van der Waals surface area contributed by atoms with Gasteiger partial charge in [0.05, 0.1) is 10.7 Å². The van der Waals surface area contributed by atoms with Crippen molar-refractivity contribution < 1.29 is 4.74 Å². The minimum Gasteiger partial charge on any atom is -0.487 e. The van der Waals surface area contributed by atoms with Crippen molar-refractivity contribution in [2.45, 2.75) is 17.7 Å². The summed E-state index contributed by atoms with van der Waals surface area (Å²) in [7, 11) is 0. The highest BCUT2D eigenvalue weighted by molar-refractivity contribution is 7.98. The average Bonchev–Trinajstić information content (AvgIpc) is 2.91. The van der Waals surface area contributed by atoms with E-state index in [4.69, 9.17) is 22.1 Å². The van der Waals surface area contributed by atoms with E-state index in [1.807, 2.05) is 18.4 Å². The summed E-state index contributed by atoms with van der Waals surface area (Å²) in [5, 5.41) is 1.35. The number of halogens is 1. The van der Waals surface area contributed by atoms with Gasteiger partial charge < -0.3 is 10.5 Å². The summed E-state index contributed by atoms with van der Waals surface area (Å²) in [5.74, 6) is 0.755. The highest BCUT2D eigenvalue weighted by Crippen LogP contribution is 2.39. The summed E-state index contributed by atoms with van der Waals surface area (Å²) in [6, 6.07) is 5.84. The number of fused-ring (bicyclic) bond motifs is 1. The Kier molecular flexibility index (Phi) is 3.83. The quantitative estimate of drug-likeness (QED) is 0.698. The van der Waals surface area contributed by atoms with Crippen LogP contribution in [0.5, 0.6) is 5.75 Å². The smallest absolute Gasteiger partial charge is 0.187 e. The van der Waals surface area contributed by atoms with E-state index >= 15 is 0 Å². The van der Waals surface area contributed by atoms with Gasteiger partial charge >= 0.3 is 0 Å². The normalized spacial score (nSPS) is 16.9. The van der Waals surface area contributed by atoms with Crippen molar-refractivity contribution in [3.05, 3.63) is 35.0 Å². The molecule has 20 heavy (non-hydrogen) atoms. The van der Waals surface area contributed by atoms with Gasteiger partial charge in [0.15, 0.2) is 5.16 Å². The number of hydrogen-bond acceptors (Lipinski definition) is 5. The molecule has 0 radical (unpaired) electrons. The molecule has 1 atom stereocenters. The Balaban J connectivity index is 2.02. The highest BCUT2D eigenvalue weighted by Gasteiger charge is 2.25. The molecule has 1 aliphatic rings. The summed E-state index contributed by atoms with van der Waals surface area (Å²) in [5.41, 5.74) is 8.59. The minimum absolute atomic E-state index is 0.0184. The van der Waals surface area contributed by atoms with E-state index in [0.29, 0.717) is 11.6 Å². The van der Waals surface area contributed by atoms with Crippen molar-refractivity contribution in [2.24, 2.45) is 5.73 Å². The predicted octanol–water partition coefficient (Wildman–Crippen LogP) is 2.78. The van der Waals surface area contributed by atoms with E-state index in [9.17, 15) is 0 Å². The van der Waals surface area contributed by atoms with Crippen LogP contribution in [0.4, 0.5) is 0 Å². The van der Waals surface area contributed by atoms with Crippen LogP contribution in [-0.4, -0.2) is 28.9 Å². The van der Waals surface area contributed by atoms with Gasteiger partial charge in [-0.25, -0.2) is 9.97 Å². The first-order chi connectivity index (χ1) is 9.71. The van der Waals surface area contributed by atoms with Crippen LogP contribution >= 0.6 is 23.4 Å². The van der Waals surface area contributed by atoms with Crippen molar-refractivity contribution in [3.63, 3.8) is 0 Å². The molecular formula is C14H14ClN3OS. The maximum atomic E-state index is 6.31. The molecule has 2 heterocycles. The van der Waals surface area contributed by atoms with Crippen molar-refractivity contribution in [2.75, 3.05) is 12.8 Å². The van der Waals surface area contributed by atoms with Gasteiger partial charge in [0.25, 0.3) is 0 Å². The first kappa shape index (κ1) is 13.7. The summed E-state index contributed by atoms with van der Waals surface area (Å²) in [6.07, 6.45) is 4.52. The van der Waals surface area contributed by atoms with E-state index in [1.165, 1.54) is 11.8 Å². The molecule has 0 fully saturated rings. The third-order valence-electron chi connectivity index (χ3n) is 3.23. The SMILES string of the molecule is CSc1nccc(-c2cc(Cl)c3c(c2)CC(CN)O3)n1. The van der Waals surface area contributed by atoms with E-state index in [1.54, 1.807) is 6.20 Å². The third-order valence-corrected chi connectivity index (χ3v) is 4.07. The number of nitrogens with zero attached hydrogens (tertiary/aromatic N) is 2. The zero-order valence-corrected chi connectivity index (χ0v) is 12.5. The van der Waals surface area contributed by atoms with Gasteiger partial charge in [-0.15, -0.1) is 0 Å².